The SMILES string of the molecule is O=C1C=CC=C2C1=Cc1ccccc12.O=C1C=CC=C2C1=Cc1ccccc12.c1ccc2c(c1)Cc1ccccc1-2. The van der Waals surface area contributed by atoms with Crippen LogP contribution in [-0.2, 0) is 16.0 Å². The van der Waals surface area contributed by atoms with E-state index >= 15 is 0 Å². The van der Waals surface area contributed by atoms with E-state index in [4.69, 9.17) is 0 Å². The fourth-order valence-electron chi connectivity index (χ4n) is 5.98. The van der Waals surface area contributed by atoms with Crippen LogP contribution in [0.5, 0.6) is 0 Å². The van der Waals surface area contributed by atoms with Crippen molar-refractivity contribution in [2.45, 2.75) is 6.42 Å². The Labute approximate surface area is 239 Å². The van der Waals surface area contributed by atoms with Gasteiger partial charge in [0.1, 0.15) is 0 Å². The average molecular weight is 527 g/mol. The monoisotopic (exact) mass is 526 g/mol. The standard InChI is InChI=1S/2C13H8O.C13H10/c2*14-13-7-3-6-11-10-5-2-1-4-9(10)8-12(11)13;1-3-7-12-10(5-1)9-11-6-2-4-8-13(11)12/h2*1-8H;1-8H,9H2. The van der Waals surface area contributed by atoms with E-state index in [0.717, 1.165) is 39.8 Å². The lowest BCUT2D eigenvalue weighted by Gasteiger charge is -2.06. The van der Waals surface area contributed by atoms with Crippen LogP contribution >= 0.6 is 0 Å². The molecule has 0 saturated carbocycles. The summed E-state index contributed by atoms with van der Waals surface area (Å²) >= 11 is 0. The Balaban J connectivity index is 0.000000101. The van der Waals surface area contributed by atoms with Crippen LogP contribution < -0.4 is 0 Å². The van der Waals surface area contributed by atoms with Gasteiger partial charge in [0.15, 0.2) is 11.6 Å². The molecule has 9 rings (SSSR count). The molecule has 5 aliphatic rings. The number of allylic oxidation sites excluding steroid dienone is 10. The Bertz CT molecular complexity index is 1800. The van der Waals surface area contributed by atoms with Gasteiger partial charge in [-0.05, 0) is 86.4 Å². The molecule has 4 aromatic rings. The van der Waals surface area contributed by atoms with Crippen LogP contribution in [0.15, 0.2) is 145 Å². The summed E-state index contributed by atoms with van der Waals surface area (Å²) in [5.41, 5.74) is 14.2. The van der Waals surface area contributed by atoms with Crippen LogP contribution in [0.4, 0.5) is 0 Å². The lowest BCUT2D eigenvalue weighted by atomic mass is 9.96. The Morgan fingerprint density at radius 3 is 1.27 bits per heavy atom. The van der Waals surface area contributed by atoms with Gasteiger partial charge in [0.25, 0.3) is 0 Å². The van der Waals surface area contributed by atoms with Crippen molar-refractivity contribution in [3.8, 4) is 11.1 Å². The molecule has 194 valence electrons. The molecule has 2 nitrogen and oxygen atoms in total. The van der Waals surface area contributed by atoms with Crippen LogP contribution in [0.1, 0.15) is 33.4 Å². The normalized spacial score (nSPS) is 15.7. The summed E-state index contributed by atoms with van der Waals surface area (Å²) in [6.07, 6.45) is 15.9. The minimum Gasteiger partial charge on any atom is -0.289 e. The second-order valence-electron chi connectivity index (χ2n) is 10.4. The summed E-state index contributed by atoms with van der Waals surface area (Å²) in [7, 11) is 0. The van der Waals surface area contributed by atoms with Gasteiger partial charge >= 0.3 is 0 Å². The quantitative estimate of drug-likeness (QED) is 0.203. The first-order valence-corrected chi connectivity index (χ1v) is 13.8. The van der Waals surface area contributed by atoms with Crippen molar-refractivity contribution in [2.24, 2.45) is 0 Å². The molecule has 0 radical (unpaired) electrons. The van der Waals surface area contributed by atoms with Gasteiger partial charge in [0, 0.05) is 11.1 Å². The molecule has 2 heteroatoms. The maximum absolute atomic E-state index is 11.5. The van der Waals surface area contributed by atoms with E-state index in [2.05, 4.69) is 60.7 Å². The van der Waals surface area contributed by atoms with E-state index in [1.165, 1.54) is 33.4 Å². The third kappa shape index (κ3) is 4.50. The molecule has 0 saturated heterocycles. The van der Waals surface area contributed by atoms with Crippen LogP contribution in [0, 0.1) is 0 Å². The number of hydrogen-bond donors (Lipinski definition) is 0. The lowest BCUT2D eigenvalue weighted by Crippen LogP contribution is -2.00. The summed E-state index contributed by atoms with van der Waals surface area (Å²) in [5.74, 6) is 0.220. The molecular weight excluding hydrogens is 500 g/mol. The molecule has 0 aromatic heterocycles. The predicted octanol–water partition coefficient (Wildman–Crippen LogP) is 8.47. The number of benzene rings is 4. The van der Waals surface area contributed by atoms with Gasteiger partial charge in [-0.25, -0.2) is 0 Å². The van der Waals surface area contributed by atoms with Crippen molar-refractivity contribution in [1.29, 1.82) is 0 Å². The second-order valence-corrected chi connectivity index (χ2v) is 10.4. The fraction of sp³-hybridized carbons (Fsp3) is 0.0256. The molecule has 0 amide bonds. The van der Waals surface area contributed by atoms with E-state index < -0.39 is 0 Å². The van der Waals surface area contributed by atoms with Crippen LogP contribution in [0.2, 0.25) is 0 Å². The van der Waals surface area contributed by atoms with E-state index in [1.54, 1.807) is 12.2 Å². The molecule has 0 bridgehead atoms. The molecule has 0 aliphatic heterocycles. The zero-order valence-electron chi connectivity index (χ0n) is 22.4. The van der Waals surface area contributed by atoms with E-state index in [-0.39, 0.29) is 11.6 Å². The largest absolute Gasteiger partial charge is 0.289 e. The predicted molar refractivity (Wildman–Crippen MR) is 168 cm³/mol. The molecule has 0 N–H and O–H groups in total. The topological polar surface area (TPSA) is 34.1 Å². The summed E-state index contributed by atoms with van der Waals surface area (Å²) < 4.78 is 0. The Kier molecular flexibility index (Phi) is 6.22. The molecule has 41 heavy (non-hydrogen) atoms. The zero-order valence-corrected chi connectivity index (χ0v) is 22.4. The molecule has 0 spiro atoms. The molecule has 4 aromatic carbocycles. The number of carbonyl (C=O) groups is 2. The van der Waals surface area contributed by atoms with Gasteiger partial charge in [0.2, 0.25) is 0 Å². The first kappa shape index (κ1) is 24.7. The second kappa shape index (κ2) is 10.3. The van der Waals surface area contributed by atoms with E-state index in [0.29, 0.717) is 0 Å². The van der Waals surface area contributed by atoms with Crippen molar-refractivity contribution in [3.05, 3.63) is 178 Å². The van der Waals surface area contributed by atoms with Crippen molar-refractivity contribution >= 4 is 34.9 Å². The summed E-state index contributed by atoms with van der Waals surface area (Å²) in [6, 6.07) is 33.5. The van der Waals surface area contributed by atoms with Crippen LogP contribution in [-0.4, -0.2) is 11.6 Å². The summed E-state index contributed by atoms with van der Waals surface area (Å²) in [6.45, 7) is 0. The maximum Gasteiger partial charge on any atom is 0.186 e. The number of rotatable bonds is 0. The molecular formula is C39H26O2. The number of ketones is 2. The van der Waals surface area contributed by atoms with Crippen LogP contribution in [0.3, 0.4) is 0 Å². The van der Waals surface area contributed by atoms with Gasteiger partial charge in [-0.3, -0.25) is 9.59 Å². The highest BCUT2D eigenvalue weighted by Gasteiger charge is 2.24. The number of hydrogen-bond acceptors (Lipinski definition) is 2. The third-order valence-corrected chi connectivity index (χ3v) is 7.94. The maximum atomic E-state index is 11.5. The van der Waals surface area contributed by atoms with Gasteiger partial charge < -0.3 is 0 Å². The number of fused-ring (bicyclic) bond motifs is 9. The van der Waals surface area contributed by atoms with Gasteiger partial charge in [-0.2, -0.15) is 0 Å². The molecule has 0 unspecified atom stereocenters. The van der Waals surface area contributed by atoms with E-state index in [9.17, 15) is 9.59 Å². The Morgan fingerprint density at radius 2 is 0.805 bits per heavy atom. The van der Waals surface area contributed by atoms with Crippen molar-refractivity contribution < 1.29 is 9.59 Å². The van der Waals surface area contributed by atoms with Crippen molar-refractivity contribution in [2.75, 3.05) is 0 Å². The minimum atomic E-state index is 0.110. The zero-order chi connectivity index (χ0) is 27.8. The highest BCUT2D eigenvalue weighted by molar-refractivity contribution is 6.24. The first-order chi connectivity index (χ1) is 20.2. The average Bonchev–Trinajstić information content (AvgIpc) is 3.71. The minimum absolute atomic E-state index is 0.110. The molecule has 0 heterocycles. The Hall–Kier alpha value is -5.34. The first-order valence-electron chi connectivity index (χ1n) is 13.8. The summed E-state index contributed by atoms with van der Waals surface area (Å²) in [4.78, 5) is 23.1. The molecule has 5 aliphatic carbocycles. The van der Waals surface area contributed by atoms with Gasteiger partial charge in [-0.15, -0.1) is 0 Å². The van der Waals surface area contributed by atoms with Crippen molar-refractivity contribution in [3.63, 3.8) is 0 Å². The lowest BCUT2D eigenvalue weighted by molar-refractivity contribution is -0.111. The van der Waals surface area contributed by atoms with Gasteiger partial charge in [0.05, 0.1) is 0 Å². The molecule has 0 atom stereocenters. The Morgan fingerprint density at radius 1 is 0.415 bits per heavy atom. The fourth-order valence-corrected chi connectivity index (χ4v) is 5.98. The third-order valence-electron chi connectivity index (χ3n) is 7.94. The van der Waals surface area contributed by atoms with Crippen LogP contribution in [0.25, 0.3) is 34.4 Å². The van der Waals surface area contributed by atoms with Crippen molar-refractivity contribution in [1.82, 2.24) is 0 Å². The van der Waals surface area contributed by atoms with Gasteiger partial charge in [-0.1, -0.05) is 121 Å². The highest BCUT2D eigenvalue weighted by Crippen LogP contribution is 2.39. The molecule has 0 fully saturated rings. The summed E-state index contributed by atoms with van der Waals surface area (Å²) in [5, 5.41) is 0. The van der Waals surface area contributed by atoms with E-state index in [1.807, 2.05) is 72.9 Å². The number of carbonyl (C=O) groups excluding carboxylic acids is 2. The highest BCUT2D eigenvalue weighted by atomic mass is 16.1. The smallest absolute Gasteiger partial charge is 0.186 e.